The first-order valence-electron chi connectivity index (χ1n) is 3.38. The Morgan fingerprint density at radius 3 is 3.00 bits per heavy atom. The SMILES string of the molecule is CNCCc1nsc(OC)n1. The molecular weight excluding hydrogens is 162 g/mol. The van der Waals surface area contributed by atoms with Crippen LogP contribution in [0.2, 0.25) is 0 Å². The van der Waals surface area contributed by atoms with E-state index in [2.05, 4.69) is 14.7 Å². The summed E-state index contributed by atoms with van der Waals surface area (Å²) in [5, 5.41) is 3.66. The van der Waals surface area contributed by atoms with Crippen LogP contribution < -0.4 is 10.1 Å². The Morgan fingerprint density at radius 2 is 2.45 bits per heavy atom. The fourth-order valence-corrected chi connectivity index (χ4v) is 1.20. The molecule has 0 aromatic carbocycles. The molecule has 62 valence electrons. The zero-order valence-electron chi connectivity index (χ0n) is 6.63. The van der Waals surface area contributed by atoms with Gasteiger partial charge in [0.25, 0.3) is 5.19 Å². The van der Waals surface area contributed by atoms with Crippen LogP contribution in [-0.2, 0) is 6.42 Å². The third-order valence-electron chi connectivity index (χ3n) is 1.22. The second kappa shape index (κ2) is 4.25. The van der Waals surface area contributed by atoms with Crippen molar-refractivity contribution >= 4 is 11.5 Å². The molecular formula is C6H11N3OS. The molecule has 5 heteroatoms. The Hall–Kier alpha value is -0.680. The number of methoxy groups -OCH3 is 1. The standard InChI is InChI=1S/C6H11N3OS/c1-7-4-3-5-8-6(10-2)11-9-5/h7H,3-4H2,1-2H3. The maximum Gasteiger partial charge on any atom is 0.292 e. The summed E-state index contributed by atoms with van der Waals surface area (Å²) in [5.41, 5.74) is 0. The Labute approximate surface area is 69.8 Å². The van der Waals surface area contributed by atoms with E-state index in [1.807, 2.05) is 7.05 Å². The van der Waals surface area contributed by atoms with Crippen molar-refractivity contribution in [3.05, 3.63) is 5.82 Å². The fourth-order valence-electron chi connectivity index (χ4n) is 0.659. The molecule has 11 heavy (non-hydrogen) atoms. The van der Waals surface area contributed by atoms with Crippen LogP contribution in [0, 0.1) is 0 Å². The van der Waals surface area contributed by atoms with Gasteiger partial charge in [0.2, 0.25) is 0 Å². The molecule has 0 fully saturated rings. The van der Waals surface area contributed by atoms with Gasteiger partial charge in [-0.05, 0) is 7.05 Å². The fraction of sp³-hybridized carbons (Fsp3) is 0.667. The van der Waals surface area contributed by atoms with E-state index in [-0.39, 0.29) is 0 Å². The summed E-state index contributed by atoms with van der Waals surface area (Å²) in [5.74, 6) is 0.848. The minimum Gasteiger partial charge on any atom is -0.472 e. The quantitative estimate of drug-likeness (QED) is 0.711. The first kappa shape index (κ1) is 8.42. The molecule has 0 bridgehead atoms. The lowest BCUT2D eigenvalue weighted by molar-refractivity contribution is 0.410. The van der Waals surface area contributed by atoms with Crippen molar-refractivity contribution in [3.63, 3.8) is 0 Å². The number of rotatable bonds is 4. The lowest BCUT2D eigenvalue weighted by atomic mass is 10.4. The first-order valence-corrected chi connectivity index (χ1v) is 4.15. The molecule has 0 atom stereocenters. The summed E-state index contributed by atoms with van der Waals surface area (Å²) >= 11 is 1.29. The average Bonchev–Trinajstić information content (AvgIpc) is 2.48. The van der Waals surface area contributed by atoms with Gasteiger partial charge in [-0.1, -0.05) is 0 Å². The number of nitrogens with one attached hydrogen (secondary N) is 1. The normalized spacial score (nSPS) is 10.0. The van der Waals surface area contributed by atoms with E-state index in [0.29, 0.717) is 5.19 Å². The third-order valence-corrected chi connectivity index (χ3v) is 1.94. The summed E-state index contributed by atoms with van der Waals surface area (Å²) in [6, 6.07) is 0. The highest BCUT2D eigenvalue weighted by Crippen LogP contribution is 2.12. The molecule has 4 nitrogen and oxygen atoms in total. The van der Waals surface area contributed by atoms with E-state index in [4.69, 9.17) is 4.74 Å². The monoisotopic (exact) mass is 173 g/mol. The zero-order chi connectivity index (χ0) is 8.10. The van der Waals surface area contributed by atoms with Gasteiger partial charge < -0.3 is 10.1 Å². The molecule has 1 heterocycles. The Morgan fingerprint density at radius 1 is 1.64 bits per heavy atom. The number of hydrogen-bond donors (Lipinski definition) is 1. The highest BCUT2D eigenvalue weighted by Gasteiger charge is 2.01. The van der Waals surface area contributed by atoms with E-state index >= 15 is 0 Å². The molecule has 1 aromatic heterocycles. The molecule has 0 unspecified atom stereocenters. The van der Waals surface area contributed by atoms with Crippen molar-refractivity contribution in [3.8, 4) is 5.19 Å². The van der Waals surface area contributed by atoms with Gasteiger partial charge in [-0.15, -0.1) is 0 Å². The molecule has 1 rings (SSSR count). The summed E-state index contributed by atoms with van der Waals surface area (Å²) < 4.78 is 8.99. The molecule has 0 saturated carbocycles. The molecule has 0 amide bonds. The van der Waals surface area contributed by atoms with Crippen molar-refractivity contribution in [2.24, 2.45) is 0 Å². The van der Waals surface area contributed by atoms with Crippen LogP contribution in [0.15, 0.2) is 0 Å². The first-order chi connectivity index (χ1) is 5.36. The second-order valence-electron chi connectivity index (χ2n) is 2.03. The van der Waals surface area contributed by atoms with Gasteiger partial charge >= 0.3 is 0 Å². The Kier molecular flexibility index (Phi) is 3.25. The van der Waals surface area contributed by atoms with Crippen LogP contribution in [0.3, 0.4) is 0 Å². The summed E-state index contributed by atoms with van der Waals surface area (Å²) in [4.78, 5) is 4.11. The molecule has 0 aliphatic carbocycles. The lowest BCUT2D eigenvalue weighted by Gasteiger charge is -1.91. The van der Waals surface area contributed by atoms with Crippen molar-refractivity contribution in [2.75, 3.05) is 20.7 Å². The van der Waals surface area contributed by atoms with Gasteiger partial charge in [0, 0.05) is 24.5 Å². The number of nitrogens with zero attached hydrogens (tertiary/aromatic N) is 2. The summed E-state index contributed by atoms with van der Waals surface area (Å²) in [7, 11) is 3.51. The molecule has 1 N–H and O–H groups in total. The van der Waals surface area contributed by atoms with Crippen LogP contribution in [-0.4, -0.2) is 30.1 Å². The van der Waals surface area contributed by atoms with Gasteiger partial charge in [-0.25, -0.2) is 0 Å². The van der Waals surface area contributed by atoms with Gasteiger partial charge in [0.1, 0.15) is 5.82 Å². The number of likely N-dealkylation sites (N-methyl/N-ethyl adjacent to an activating group) is 1. The van der Waals surface area contributed by atoms with E-state index in [0.717, 1.165) is 18.8 Å². The third kappa shape index (κ3) is 2.44. The largest absolute Gasteiger partial charge is 0.472 e. The minimum atomic E-state index is 0.635. The van der Waals surface area contributed by atoms with Crippen LogP contribution in [0.25, 0.3) is 0 Å². The average molecular weight is 173 g/mol. The van der Waals surface area contributed by atoms with E-state index in [1.165, 1.54) is 11.5 Å². The minimum absolute atomic E-state index is 0.635. The van der Waals surface area contributed by atoms with Crippen molar-refractivity contribution in [2.45, 2.75) is 6.42 Å². The Balaban J connectivity index is 2.44. The van der Waals surface area contributed by atoms with Crippen LogP contribution in [0.4, 0.5) is 0 Å². The molecule has 0 aliphatic rings. The summed E-state index contributed by atoms with van der Waals surface area (Å²) in [6.07, 6.45) is 0.858. The molecule has 0 radical (unpaired) electrons. The molecule has 0 aliphatic heterocycles. The van der Waals surface area contributed by atoms with E-state index < -0.39 is 0 Å². The molecule has 0 spiro atoms. The van der Waals surface area contributed by atoms with Crippen molar-refractivity contribution in [1.82, 2.24) is 14.7 Å². The van der Waals surface area contributed by atoms with Crippen LogP contribution in [0.5, 0.6) is 5.19 Å². The smallest absolute Gasteiger partial charge is 0.292 e. The van der Waals surface area contributed by atoms with Gasteiger partial charge in [-0.2, -0.15) is 9.36 Å². The highest BCUT2D eigenvalue weighted by atomic mass is 32.1. The van der Waals surface area contributed by atoms with Crippen molar-refractivity contribution < 1.29 is 4.74 Å². The van der Waals surface area contributed by atoms with Gasteiger partial charge in [0.15, 0.2) is 0 Å². The van der Waals surface area contributed by atoms with Crippen LogP contribution >= 0.6 is 11.5 Å². The topological polar surface area (TPSA) is 47.0 Å². The Bertz CT molecular complexity index is 213. The number of hydrogen-bond acceptors (Lipinski definition) is 5. The maximum absolute atomic E-state index is 4.90. The van der Waals surface area contributed by atoms with Gasteiger partial charge in [-0.3, -0.25) is 0 Å². The van der Waals surface area contributed by atoms with Gasteiger partial charge in [0.05, 0.1) is 7.11 Å². The number of aromatic nitrogens is 2. The van der Waals surface area contributed by atoms with E-state index in [9.17, 15) is 0 Å². The highest BCUT2D eigenvalue weighted by molar-refractivity contribution is 7.07. The van der Waals surface area contributed by atoms with Crippen molar-refractivity contribution in [1.29, 1.82) is 0 Å². The summed E-state index contributed by atoms with van der Waals surface area (Å²) in [6.45, 7) is 0.903. The predicted molar refractivity (Wildman–Crippen MR) is 44.1 cm³/mol. The lowest BCUT2D eigenvalue weighted by Crippen LogP contribution is -2.10. The zero-order valence-corrected chi connectivity index (χ0v) is 7.44. The predicted octanol–water partition coefficient (Wildman–Crippen LogP) is 0.309. The maximum atomic E-state index is 4.90. The van der Waals surface area contributed by atoms with Crippen LogP contribution in [0.1, 0.15) is 5.82 Å². The molecule has 1 aromatic rings. The number of ether oxygens (including phenoxy) is 1. The second-order valence-corrected chi connectivity index (χ2v) is 2.75. The van der Waals surface area contributed by atoms with E-state index in [1.54, 1.807) is 7.11 Å². The molecule has 0 saturated heterocycles.